The Balaban J connectivity index is 1.70. The van der Waals surface area contributed by atoms with E-state index in [1.54, 1.807) is 24.3 Å². The highest BCUT2D eigenvalue weighted by Crippen LogP contribution is 2.31. The molecule has 21 heavy (non-hydrogen) atoms. The Labute approximate surface area is 119 Å². The molecule has 3 rings (SSSR count). The van der Waals surface area contributed by atoms with Crippen LogP contribution >= 0.6 is 0 Å². The molecule has 1 heterocycles. The first-order valence-corrected chi connectivity index (χ1v) is 6.28. The fraction of sp³-hybridized carbons (Fsp3) is 0.133. The van der Waals surface area contributed by atoms with Gasteiger partial charge in [0.05, 0.1) is 0 Å². The Morgan fingerprint density at radius 3 is 2.62 bits per heavy atom. The van der Waals surface area contributed by atoms with E-state index in [0.29, 0.717) is 11.5 Å². The largest absolute Gasteiger partial charge is 0.485 e. The average Bonchev–Trinajstić information content (AvgIpc) is 2.50. The number of hydrogen-bond acceptors (Lipinski definition) is 3. The van der Waals surface area contributed by atoms with Crippen LogP contribution in [0, 0.1) is 11.6 Å². The summed E-state index contributed by atoms with van der Waals surface area (Å²) in [6.45, 7) is 0.0481. The molecule has 6 heteroatoms. The lowest BCUT2D eigenvalue weighted by atomic mass is 10.2. The maximum absolute atomic E-state index is 13.1. The van der Waals surface area contributed by atoms with Crippen LogP contribution in [-0.2, 0) is 4.79 Å². The quantitative estimate of drug-likeness (QED) is 0.925. The van der Waals surface area contributed by atoms with Gasteiger partial charge < -0.3 is 14.8 Å². The number of rotatable bonds is 2. The van der Waals surface area contributed by atoms with Crippen molar-refractivity contribution in [2.75, 3.05) is 11.9 Å². The van der Waals surface area contributed by atoms with Gasteiger partial charge in [-0.25, -0.2) is 8.78 Å². The van der Waals surface area contributed by atoms with Gasteiger partial charge in [0, 0.05) is 11.8 Å². The number of nitrogens with one attached hydrogen (secondary N) is 1. The first-order chi connectivity index (χ1) is 10.1. The number of hydrogen-bond donors (Lipinski definition) is 1. The summed E-state index contributed by atoms with van der Waals surface area (Å²) in [6, 6.07) is 10.1. The van der Waals surface area contributed by atoms with Crippen molar-refractivity contribution in [1.82, 2.24) is 0 Å². The van der Waals surface area contributed by atoms with Crippen molar-refractivity contribution in [3.05, 3.63) is 54.1 Å². The molecule has 2 aromatic carbocycles. The lowest BCUT2D eigenvalue weighted by Crippen LogP contribution is -2.40. The van der Waals surface area contributed by atoms with Gasteiger partial charge in [-0.3, -0.25) is 4.79 Å². The number of amides is 1. The summed E-state index contributed by atoms with van der Waals surface area (Å²) in [5.74, 6) is -1.46. The SMILES string of the molecule is O=C(Nc1ccc(F)c(F)c1)[C@H]1COc2ccccc2O1. The van der Waals surface area contributed by atoms with Crippen molar-refractivity contribution in [2.45, 2.75) is 6.10 Å². The predicted molar refractivity (Wildman–Crippen MR) is 71.3 cm³/mol. The summed E-state index contributed by atoms with van der Waals surface area (Å²) in [5.41, 5.74) is 0.154. The van der Waals surface area contributed by atoms with E-state index < -0.39 is 23.6 Å². The van der Waals surface area contributed by atoms with Gasteiger partial charge in [-0.15, -0.1) is 0 Å². The van der Waals surface area contributed by atoms with Crippen LogP contribution in [0.3, 0.4) is 0 Å². The first-order valence-electron chi connectivity index (χ1n) is 6.28. The number of carbonyl (C=O) groups excluding carboxylic acids is 1. The molecule has 1 aliphatic heterocycles. The van der Waals surface area contributed by atoms with E-state index in [0.717, 1.165) is 12.1 Å². The van der Waals surface area contributed by atoms with Gasteiger partial charge in [-0.1, -0.05) is 12.1 Å². The van der Waals surface area contributed by atoms with Crippen LogP contribution < -0.4 is 14.8 Å². The van der Waals surface area contributed by atoms with Crippen LogP contribution in [0.25, 0.3) is 0 Å². The molecule has 2 aromatic rings. The van der Waals surface area contributed by atoms with Crippen molar-refractivity contribution in [2.24, 2.45) is 0 Å². The van der Waals surface area contributed by atoms with E-state index in [1.807, 2.05) is 0 Å². The van der Waals surface area contributed by atoms with Crippen molar-refractivity contribution < 1.29 is 23.0 Å². The van der Waals surface area contributed by atoms with Gasteiger partial charge in [0.2, 0.25) is 6.10 Å². The van der Waals surface area contributed by atoms with Crippen LogP contribution in [0.1, 0.15) is 0 Å². The van der Waals surface area contributed by atoms with Crippen LogP contribution in [0.2, 0.25) is 0 Å². The Kier molecular flexibility index (Phi) is 3.43. The van der Waals surface area contributed by atoms with E-state index in [1.165, 1.54) is 6.07 Å². The second-order valence-electron chi connectivity index (χ2n) is 4.48. The average molecular weight is 291 g/mol. The van der Waals surface area contributed by atoms with Crippen molar-refractivity contribution >= 4 is 11.6 Å². The van der Waals surface area contributed by atoms with Gasteiger partial charge >= 0.3 is 0 Å². The molecule has 0 aliphatic carbocycles. The molecule has 0 bridgehead atoms. The Morgan fingerprint density at radius 2 is 1.86 bits per heavy atom. The zero-order valence-electron chi connectivity index (χ0n) is 10.8. The third-order valence-electron chi connectivity index (χ3n) is 2.99. The number of fused-ring (bicyclic) bond motifs is 1. The van der Waals surface area contributed by atoms with Crippen LogP contribution in [0.5, 0.6) is 11.5 Å². The molecule has 1 aliphatic rings. The molecule has 1 atom stereocenters. The second-order valence-corrected chi connectivity index (χ2v) is 4.48. The van der Waals surface area contributed by atoms with Gasteiger partial charge in [-0.05, 0) is 24.3 Å². The monoisotopic (exact) mass is 291 g/mol. The second kappa shape index (κ2) is 5.40. The van der Waals surface area contributed by atoms with Gasteiger partial charge in [-0.2, -0.15) is 0 Å². The summed E-state index contributed by atoms with van der Waals surface area (Å²) in [5, 5.41) is 2.46. The summed E-state index contributed by atoms with van der Waals surface area (Å²) in [4.78, 5) is 12.0. The highest BCUT2D eigenvalue weighted by molar-refractivity contribution is 5.94. The maximum Gasteiger partial charge on any atom is 0.269 e. The minimum Gasteiger partial charge on any atom is -0.485 e. The lowest BCUT2D eigenvalue weighted by molar-refractivity contribution is -0.125. The fourth-order valence-corrected chi connectivity index (χ4v) is 1.95. The topological polar surface area (TPSA) is 47.6 Å². The zero-order valence-corrected chi connectivity index (χ0v) is 10.8. The third-order valence-corrected chi connectivity index (χ3v) is 2.99. The highest BCUT2D eigenvalue weighted by Gasteiger charge is 2.27. The molecule has 108 valence electrons. The highest BCUT2D eigenvalue weighted by atomic mass is 19.2. The summed E-state index contributed by atoms with van der Waals surface area (Å²) in [6.07, 6.45) is -0.854. The van der Waals surface area contributed by atoms with Crippen LogP contribution in [-0.4, -0.2) is 18.6 Å². The van der Waals surface area contributed by atoms with Crippen molar-refractivity contribution in [3.8, 4) is 11.5 Å². The summed E-state index contributed by atoms with van der Waals surface area (Å²) < 4.78 is 36.8. The normalized spacial score (nSPS) is 16.4. The molecule has 0 saturated carbocycles. The number of ether oxygens (including phenoxy) is 2. The molecule has 1 amide bonds. The molecule has 0 aromatic heterocycles. The number of anilines is 1. The molecule has 1 N–H and O–H groups in total. The Hall–Kier alpha value is -2.63. The molecule has 0 saturated heterocycles. The smallest absolute Gasteiger partial charge is 0.269 e. The lowest BCUT2D eigenvalue weighted by Gasteiger charge is -2.25. The summed E-state index contributed by atoms with van der Waals surface area (Å²) in [7, 11) is 0. The van der Waals surface area contributed by atoms with Crippen LogP contribution in [0.15, 0.2) is 42.5 Å². The van der Waals surface area contributed by atoms with Crippen molar-refractivity contribution in [1.29, 1.82) is 0 Å². The number of para-hydroxylation sites is 2. The van der Waals surface area contributed by atoms with Crippen LogP contribution in [0.4, 0.5) is 14.5 Å². The number of halogens is 2. The van der Waals surface area contributed by atoms with Gasteiger partial charge in [0.15, 0.2) is 23.1 Å². The summed E-state index contributed by atoms with van der Waals surface area (Å²) >= 11 is 0. The van der Waals surface area contributed by atoms with E-state index in [2.05, 4.69) is 5.32 Å². The molecule has 4 nitrogen and oxygen atoms in total. The zero-order chi connectivity index (χ0) is 14.8. The Bertz CT molecular complexity index is 690. The molecular formula is C15H11F2NO3. The standard InChI is InChI=1S/C15H11F2NO3/c16-10-6-5-9(7-11(10)17)18-15(19)14-8-20-12-3-1-2-4-13(12)21-14/h1-7,14H,8H2,(H,18,19)/t14-/m1/s1. The predicted octanol–water partition coefficient (Wildman–Crippen LogP) is 2.74. The molecule has 0 spiro atoms. The molecule has 0 unspecified atom stereocenters. The Morgan fingerprint density at radius 1 is 1.10 bits per heavy atom. The van der Waals surface area contributed by atoms with Gasteiger partial charge in [0.25, 0.3) is 5.91 Å². The van der Waals surface area contributed by atoms with Crippen molar-refractivity contribution in [3.63, 3.8) is 0 Å². The fourth-order valence-electron chi connectivity index (χ4n) is 1.95. The minimum atomic E-state index is -1.03. The number of carbonyl (C=O) groups is 1. The van der Waals surface area contributed by atoms with E-state index in [4.69, 9.17) is 9.47 Å². The van der Waals surface area contributed by atoms with E-state index >= 15 is 0 Å². The van der Waals surface area contributed by atoms with Gasteiger partial charge in [0.1, 0.15) is 6.61 Å². The first kappa shape index (κ1) is 13.4. The molecular weight excluding hydrogens is 280 g/mol. The van der Waals surface area contributed by atoms with E-state index in [9.17, 15) is 13.6 Å². The maximum atomic E-state index is 13.1. The third kappa shape index (κ3) is 2.79. The van der Waals surface area contributed by atoms with E-state index in [-0.39, 0.29) is 12.3 Å². The minimum absolute atomic E-state index is 0.0481. The molecule has 0 radical (unpaired) electrons. The number of benzene rings is 2. The molecule has 0 fully saturated rings.